The molecule has 1 heterocycles. The molecule has 3 aromatic rings. The zero-order valence-electron chi connectivity index (χ0n) is 17.0. The van der Waals surface area contributed by atoms with Crippen LogP contribution >= 0.6 is 22.9 Å². The highest BCUT2D eigenvalue weighted by Gasteiger charge is 2.17. The molecule has 0 spiro atoms. The molecule has 0 aliphatic heterocycles. The fourth-order valence-corrected chi connectivity index (χ4v) is 3.78. The van der Waals surface area contributed by atoms with Crippen molar-refractivity contribution in [3.63, 3.8) is 0 Å². The van der Waals surface area contributed by atoms with Gasteiger partial charge in [-0.3, -0.25) is 0 Å². The van der Waals surface area contributed by atoms with Gasteiger partial charge in [0.25, 0.3) is 0 Å². The molecule has 0 fully saturated rings. The summed E-state index contributed by atoms with van der Waals surface area (Å²) in [6.07, 6.45) is 0. The Hall–Kier alpha value is -2.81. The molecule has 1 unspecified atom stereocenters. The van der Waals surface area contributed by atoms with Crippen LogP contribution in [0.2, 0.25) is 5.02 Å². The third kappa shape index (κ3) is 5.70. The average molecular weight is 479 g/mol. The summed E-state index contributed by atoms with van der Waals surface area (Å²) in [5.74, 6) is -0.273. The van der Waals surface area contributed by atoms with Crippen molar-refractivity contribution in [3.05, 3.63) is 46.7 Å². The van der Waals surface area contributed by atoms with Crippen molar-refractivity contribution in [2.75, 3.05) is 33.5 Å². The summed E-state index contributed by atoms with van der Waals surface area (Å²) in [4.78, 5) is 0. The summed E-state index contributed by atoms with van der Waals surface area (Å²) in [7, 11) is 1.57. The molecule has 168 valence electrons. The lowest BCUT2D eigenvalue weighted by atomic mass is 10.1. The second-order valence-corrected chi connectivity index (χ2v) is 7.98. The van der Waals surface area contributed by atoms with Gasteiger partial charge in [-0.1, -0.05) is 22.9 Å². The fraction of sp³-hybridized carbons (Fsp3) is 0.286. The number of aromatic nitrogens is 2. The molecular weight excluding hydrogens is 459 g/mol. The van der Waals surface area contributed by atoms with E-state index in [1.54, 1.807) is 25.3 Å². The summed E-state index contributed by atoms with van der Waals surface area (Å²) in [5, 5.41) is 27.8. The first-order chi connectivity index (χ1) is 15.5. The van der Waals surface area contributed by atoms with Crippen molar-refractivity contribution in [1.29, 1.82) is 5.26 Å². The van der Waals surface area contributed by atoms with E-state index in [0.717, 1.165) is 0 Å². The molecule has 0 aliphatic rings. The Morgan fingerprint density at radius 2 is 1.97 bits per heavy atom. The van der Waals surface area contributed by atoms with Gasteiger partial charge in [0.1, 0.15) is 35.0 Å². The second-order valence-electron chi connectivity index (χ2n) is 6.59. The molecule has 1 atom stereocenters. The van der Waals surface area contributed by atoms with Crippen molar-refractivity contribution in [2.45, 2.75) is 6.04 Å². The van der Waals surface area contributed by atoms with Gasteiger partial charge in [0, 0.05) is 24.3 Å². The first-order valence-electron chi connectivity index (χ1n) is 9.45. The van der Waals surface area contributed by atoms with Crippen LogP contribution in [-0.4, -0.2) is 54.9 Å². The minimum atomic E-state index is -0.643. The van der Waals surface area contributed by atoms with Crippen LogP contribution in [0.4, 0.5) is 4.39 Å². The van der Waals surface area contributed by atoms with Gasteiger partial charge in [-0.15, -0.1) is 10.2 Å². The minimum Gasteiger partial charge on any atom is -0.490 e. The molecule has 0 saturated carbocycles. The predicted octanol–water partition coefficient (Wildman–Crippen LogP) is 3.26. The van der Waals surface area contributed by atoms with Crippen LogP contribution in [0.3, 0.4) is 0 Å². The number of aliphatic hydroxyl groups is 1. The molecule has 3 N–H and O–H groups in total. The number of ether oxygens (including phenoxy) is 3. The maximum Gasteiger partial charge on any atom is 0.165 e. The van der Waals surface area contributed by atoms with Crippen LogP contribution in [0.5, 0.6) is 11.5 Å². The lowest BCUT2D eigenvalue weighted by molar-refractivity contribution is 0.146. The maximum atomic E-state index is 14.5. The number of halogens is 2. The molecule has 0 aliphatic carbocycles. The highest BCUT2D eigenvalue weighted by Crippen LogP contribution is 2.37. The van der Waals surface area contributed by atoms with Gasteiger partial charge in [-0.2, -0.15) is 5.26 Å². The van der Waals surface area contributed by atoms with Crippen LogP contribution < -0.4 is 15.2 Å². The molecular formula is C21H20ClFN4O4S. The SMILES string of the molecule is COCCOc1ccc(-c2nnc(-c3cc(F)c(OCC(N)CO)cc3Cl)s2)cc1C#N. The number of nitrogens with two attached hydrogens (primary N) is 1. The number of aliphatic hydroxyl groups excluding tert-OH is 1. The number of methoxy groups -OCH3 is 1. The quantitative estimate of drug-likeness (QED) is 0.425. The molecule has 11 heteroatoms. The van der Waals surface area contributed by atoms with E-state index in [4.69, 9.17) is 36.7 Å². The normalized spacial score (nSPS) is 11.8. The predicted molar refractivity (Wildman–Crippen MR) is 118 cm³/mol. The van der Waals surface area contributed by atoms with E-state index in [9.17, 15) is 9.65 Å². The lowest BCUT2D eigenvalue weighted by Gasteiger charge is -2.12. The van der Waals surface area contributed by atoms with Crippen LogP contribution in [0, 0.1) is 17.1 Å². The summed E-state index contributed by atoms with van der Waals surface area (Å²) >= 11 is 7.51. The molecule has 0 amide bonds. The zero-order valence-corrected chi connectivity index (χ0v) is 18.6. The van der Waals surface area contributed by atoms with Crippen molar-refractivity contribution in [1.82, 2.24) is 10.2 Å². The number of nitriles is 1. The summed E-state index contributed by atoms with van der Waals surface area (Å²) in [6, 6.07) is 9.10. The molecule has 0 radical (unpaired) electrons. The largest absolute Gasteiger partial charge is 0.490 e. The fourth-order valence-electron chi connectivity index (χ4n) is 2.61. The number of benzene rings is 2. The van der Waals surface area contributed by atoms with E-state index < -0.39 is 11.9 Å². The number of hydrogen-bond donors (Lipinski definition) is 2. The smallest absolute Gasteiger partial charge is 0.165 e. The number of hydrogen-bond acceptors (Lipinski definition) is 9. The van der Waals surface area contributed by atoms with Gasteiger partial charge >= 0.3 is 0 Å². The minimum absolute atomic E-state index is 0.0571. The topological polar surface area (TPSA) is 124 Å². The first kappa shape index (κ1) is 23.8. The van der Waals surface area contributed by atoms with E-state index in [1.165, 1.54) is 23.5 Å². The Labute approximate surface area is 192 Å². The van der Waals surface area contributed by atoms with Crippen molar-refractivity contribution in [3.8, 4) is 38.7 Å². The molecule has 8 nitrogen and oxygen atoms in total. The van der Waals surface area contributed by atoms with Crippen molar-refractivity contribution >= 4 is 22.9 Å². The Bertz CT molecular complexity index is 1120. The average Bonchev–Trinajstić information content (AvgIpc) is 3.29. The van der Waals surface area contributed by atoms with E-state index in [-0.39, 0.29) is 24.0 Å². The Morgan fingerprint density at radius 3 is 2.69 bits per heavy atom. The highest BCUT2D eigenvalue weighted by atomic mass is 35.5. The lowest BCUT2D eigenvalue weighted by Crippen LogP contribution is -2.31. The van der Waals surface area contributed by atoms with Gasteiger partial charge in [-0.05, 0) is 24.3 Å². The number of rotatable bonds is 10. The summed E-state index contributed by atoms with van der Waals surface area (Å²) < 4.78 is 30.2. The van der Waals surface area contributed by atoms with Gasteiger partial charge in [0.05, 0.1) is 29.8 Å². The monoisotopic (exact) mass is 478 g/mol. The molecule has 0 saturated heterocycles. The molecule has 2 aromatic carbocycles. The molecule has 0 bridgehead atoms. The van der Waals surface area contributed by atoms with Crippen molar-refractivity contribution < 1.29 is 23.7 Å². The van der Waals surface area contributed by atoms with Gasteiger partial charge in [0.2, 0.25) is 0 Å². The molecule has 3 rings (SSSR count). The van der Waals surface area contributed by atoms with Crippen LogP contribution in [0.1, 0.15) is 5.56 Å². The van der Waals surface area contributed by atoms with Gasteiger partial charge < -0.3 is 25.1 Å². The van der Waals surface area contributed by atoms with Crippen LogP contribution in [0.15, 0.2) is 30.3 Å². The third-order valence-corrected chi connectivity index (χ3v) is 5.57. The zero-order chi connectivity index (χ0) is 23.1. The van der Waals surface area contributed by atoms with E-state index >= 15 is 0 Å². The molecule has 32 heavy (non-hydrogen) atoms. The van der Waals surface area contributed by atoms with Crippen molar-refractivity contribution in [2.24, 2.45) is 5.73 Å². The van der Waals surface area contributed by atoms with Gasteiger partial charge in [0.15, 0.2) is 11.6 Å². The van der Waals surface area contributed by atoms with Gasteiger partial charge in [-0.25, -0.2) is 4.39 Å². The van der Waals surface area contributed by atoms with Crippen LogP contribution in [-0.2, 0) is 4.74 Å². The molecule has 1 aromatic heterocycles. The first-order valence-corrected chi connectivity index (χ1v) is 10.6. The highest BCUT2D eigenvalue weighted by molar-refractivity contribution is 7.18. The summed E-state index contributed by atoms with van der Waals surface area (Å²) in [6.45, 7) is 0.387. The third-order valence-electron chi connectivity index (χ3n) is 4.26. The maximum absolute atomic E-state index is 14.5. The Morgan fingerprint density at radius 1 is 1.19 bits per heavy atom. The second kappa shape index (κ2) is 11.2. The van der Waals surface area contributed by atoms with E-state index in [2.05, 4.69) is 16.3 Å². The number of nitrogens with zero attached hydrogens (tertiary/aromatic N) is 3. The van der Waals surface area contributed by atoms with E-state index in [1.807, 2.05) is 0 Å². The Kier molecular flexibility index (Phi) is 8.33. The van der Waals surface area contributed by atoms with E-state index in [0.29, 0.717) is 45.7 Å². The Balaban J connectivity index is 1.82. The standard InChI is InChI=1S/C21H20ClFN4O4S/c1-29-4-5-30-18-3-2-12(6-13(18)9-24)20-26-27-21(32-20)15-7-17(23)19(8-16(15)22)31-11-14(25)10-28/h2-3,6-8,14,28H,4-5,10-11,25H2,1H3. The summed E-state index contributed by atoms with van der Waals surface area (Å²) in [5.41, 5.74) is 6.94. The van der Waals surface area contributed by atoms with Crippen LogP contribution in [0.25, 0.3) is 21.1 Å².